The number of nitrogens with one attached hydrogen (secondary N) is 1. The number of hydrogen-bond acceptors (Lipinski definition) is 2. The molecule has 0 saturated carbocycles. The standard InChI is InChI=1S/C16H20N2/c1-12-4-5-15(13(2)10-12)16(11-17-3)14-6-8-18-9-7-14/h4-10,16-17H,11H2,1-3H3. The van der Waals surface area contributed by atoms with Gasteiger partial charge < -0.3 is 5.32 Å². The van der Waals surface area contributed by atoms with Crippen molar-refractivity contribution in [2.75, 3.05) is 13.6 Å². The molecule has 0 saturated heterocycles. The number of benzene rings is 1. The lowest BCUT2D eigenvalue weighted by atomic mass is 9.88. The van der Waals surface area contributed by atoms with Crippen LogP contribution in [0.3, 0.4) is 0 Å². The third kappa shape index (κ3) is 2.77. The summed E-state index contributed by atoms with van der Waals surface area (Å²) in [5.74, 6) is 0.388. The van der Waals surface area contributed by atoms with Crippen molar-refractivity contribution in [1.29, 1.82) is 0 Å². The van der Waals surface area contributed by atoms with Gasteiger partial charge in [-0.1, -0.05) is 23.8 Å². The van der Waals surface area contributed by atoms with Gasteiger partial charge >= 0.3 is 0 Å². The zero-order chi connectivity index (χ0) is 13.0. The number of aromatic nitrogens is 1. The van der Waals surface area contributed by atoms with Crippen LogP contribution in [0.1, 0.15) is 28.2 Å². The Hall–Kier alpha value is -1.67. The molecule has 0 bridgehead atoms. The van der Waals surface area contributed by atoms with Gasteiger partial charge in [-0.2, -0.15) is 0 Å². The van der Waals surface area contributed by atoms with E-state index in [1.165, 1.54) is 22.3 Å². The van der Waals surface area contributed by atoms with Crippen molar-refractivity contribution in [3.8, 4) is 0 Å². The van der Waals surface area contributed by atoms with Crippen molar-refractivity contribution in [2.45, 2.75) is 19.8 Å². The zero-order valence-corrected chi connectivity index (χ0v) is 11.3. The van der Waals surface area contributed by atoms with Crippen LogP contribution in [-0.4, -0.2) is 18.6 Å². The first-order valence-corrected chi connectivity index (χ1v) is 6.34. The number of hydrogen-bond donors (Lipinski definition) is 1. The summed E-state index contributed by atoms with van der Waals surface area (Å²) < 4.78 is 0. The first-order valence-electron chi connectivity index (χ1n) is 6.34. The molecule has 18 heavy (non-hydrogen) atoms. The van der Waals surface area contributed by atoms with E-state index >= 15 is 0 Å². The summed E-state index contributed by atoms with van der Waals surface area (Å²) in [5.41, 5.74) is 5.37. The molecule has 94 valence electrons. The maximum absolute atomic E-state index is 4.10. The SMILES string of the molecule is CNCC(c1ccncc1)c1ccc(C)cc1C. The highest BCUT2D eigenvalue weighted by atomic mass is 14.8. The first-order chi connectivity index (χ1) is 8.72. The minimum atomic E-state index is 0.388. The molecule has 0 spiro atoms. The topological polar surface area (TPSA) is 24.9 Å². The summed E-state index contributed by atoms with van der Waals surface area (Å²) in [6.45, 7) is 5.26. The van der Waals surface area contributed by atoms with E-state index in [1.54, 1.807) is 0 Å². The van der Waals surface area contributed by atoms with Gasteiger partial charge in [-0.25, -0.2) is 0 Å². The highest BCUT2D eigenvalue weighted by molar-refractivity contribution is 5.39. The molecule has 0 amide bonds. The van der Waals surface area contributed by atoms with Crippen LogP contribution in [0.15, 0.2) is 42.7 Å². The lowest BCUT2D eigenvalue weighted by molar-refractivity contribution is 0.704. The third-order valence-electron chi connectivity index (χ3n) is 3.32. The second-order valence-electron chi connectivity index (χ2n) is 4.75. The molecule has 2 rings (SSSR count). The van der Waals surface area contributed by atoms with Gasteiger partial charge in [0.25, 0.3) is 0 Å². The lowest BCUT2D eigenvalue weighted by Gasteiger charge is -2.20. The van der Waals surface area contributed by atoms with Gasteiger partial charge in [0.1, 0.15) is 0 Å². The smallest absolute Gasteiger partial charge is 0.0270 e. The lowest BCUT2D eigenvalue weighted by Crippen LogP contribution is -2.19. The summed E-state index contributed by atoms with van der Waals surface area (Å²) in [5, 5.41) is 3.29. The Morgan fingerprint density at radius 2 is 1.83 bits per heavy atom. The molecule has 1 aromatic carbocycles. The van der Waals surface area contributed by atoms with Crippen LogP contribution in [0, 0.1) is 13.8 Å². The van der Waals surface area contributed by atoms with Crippen molar-refractivity contribution in [3.63, 3.8) is 0 Å². The van der Waals surface area contributed by atoms with Crippen molar-refractivity contribution >= 4 is 0 Å². The van der Waals surface area contributed by atoms with Gasteiger partial charge in [-0.3, -0.25) is 4.98 Å². The minimum absolute atomic E-state index is 0.388. The molecular formula is C16H20N2. The molecular weight excluding hydrogens is 220 g/mol. The van der Waals surface area contributed by atoms with Crippen LogP contribution >= 0.6 is 0 Å². The summed E-state index contributed by atoms with van der Waals surface area (Å²) >= 11 is 0. The maximum atomic E-state index is 4.10. The van der Waals surface area contributed by atoms with Crippen LogP contribution in [0.25, 0.3) is 0 Å². The van der Waals surface area contributed by atoms with Crippen LogP contribution in [-0.2, 0) is 0 Å². The Kier molecular flexibility index (Phi) is 4.11. The van der Waals surface area contributed by atoms with Crippen molar-refractivity contribution in [2.24, 2.45) is 0 Å². The highest BCUT2D eigenvalue weighted by Gasteiger charge is 2.15. The fraction of sp³-hybridized carbons (Fsp3) is 0.312. The van der Waals surface area contributed by atoms with Crippen LogP contribution in [0.5, 0.6) is 0 Å². The van der Waals surface area contributed by atoms with E-state index < -0.39 is 0 Å². The van der Waals surface area contributed by atoms with Gasteiger partial charge in [0.05, 0.1) is 0 Å². The van der Waals surface area contributed by atoms with Gasteiger partial charge in [-0.05, 0) is 49.7 Å². The molecule has 2 nitrogen and oxygen atoms in total. The minimum Gasteiger partial charge on any atom is -0.319 e. The normalized spacial score (nSPS) is 12.4. The molecule has 0 aliphatic carbocycles. The van der Waals surface area contributed by atoms with E-state index in [1.807, 2.05) is 19.4 Å². The largest absolute Gasteiger partial charge is 0.319 e. The predicted octanol–water partition coefficient (Wildman–Crippen LogP) is 3.05. The Bertz CT molecular complexity index is 506. The van der Waals surface area contributed by atoms with E-state index in [4.69, 9.17) is 0 Å². The fourth-order valence-corrected chi connectivity index (χ4v) is 2.42. The van der Waals surface area contributed by atoms with E-state index in [0.717, 1.165) is 6.54 Å². The van der Waals surface area contributed by atoms with E-state index in [9.17, 15) is 0 Å². The summed E-state index contributed by atoms with van der Waals surface area (Å²) in [6.07, 6.45) is 3.73. The fourth-order valence-electron chi connectivity index (χ4n) is 2.42. The zero-order valence-electron chi connectivity index (χ0n) is 11.3. The average Bonchev–Trinajstić information content (AvgIpc) is 2.38. The molecule has 1 atom stereocenters. The second-order valence-corrected chi connectivity index (χ2v) is 4.75. The highest BCUT2D eigenvalue weighted by Crippen LogP contribution is 2.26. The molecule has 1 N–H and O–H groups in total. The molecule has 1 unspecified atom stereocenters. The van der Waals surface area contributed by atoms with Crippen LogP contribution in [0.4, 0.5) is 0 Å². The molecule has 1 aromatic heterocycles. The molecule has 2 heteroatoms. The molecule has 0 aliphatic heterocycles. The van der Waals surface area contributed by atoms with E-state index in [-0.39, 0.29) is 0 Å². The maximum Gasteiger partial charge on any atom is 0.0270 e. The van der Waals surface area contributed by atoms with Gasteiger partial charge in [0, 0.05) is 24.9 Å². The summed E-state index contributed by atoms with van der Waals surface area (Å²) in [4.78, 5) is 4.10. The number of likely N-dealkylation sites (N-methyl/N-ethyl adjacent to an activating group) is 1. The van der Waals surface area contributed by atoms with Crippen molar-refractivity contribution < 1.29 is 0 Å². The Morgan fingerprint density at radius 1 is 1.11 bits per heavy atom. The second kappa shape index (κ2) is 5.78. The summed E-state index contributed by atoms with van der Waals surface area (Å²) in [7, 11) is 2.00. The van der Waals surface area contributed by atoms with Gasteiger partial charge in [0.2, 0.25) is 0 Å². The third-order valence-corrected chi connectivity index (χ3v) is 3.32. The Morgan fingerprint density at radius 3 is 2.44 bits per heavy atom. The van der Waals surface area contributed by atoms with Crippen molar-refractivity contribution in [3.05, 3.63) is 65.0 Å². The number of pyridine rings is 1. The number of rotatable bonds is 4. The van der Waals surface area contributed by atoms with Crippen LogP contribution < -0.4 is 5.32 Å². The molecule has 1 heterocycles. The molecule has 0 fully saturated rings. The molecule has 2 aromatic rings. The number of aryl methyl sites for hydroxylation is 2. The quantitative estimate of drug-likeness (QED) is 0.888. The predicted molar refractivity (Wildman–Crippen MR) is 75.9 cm³/mol. The first kappa shape index (κ1) is 12.8. The van der Waals surface area contributed by atoms with Crippen LogP contribution in [0.2, 0.25) is 0 Å². The Balaban J connectivity index is 2.41. The average molecular weight is 240 g/mol. The molecule has 0 aliphatic rings. The Labute approximate surface area is 109 Å². The molecule has 0 radical (unpaired) electrons. The van der Waals surface area contributed by atoms with E-state index in [2.05, 4.69) is 54.5 Å². The van der Waals surface area contributed by atoms with Crippen molar-refractivity contribution in [1.82, 2.24) is 10.3 Å². The van der Waals surface area contributed by atoms with E-state index in [0.29, 0.717) is 5.92 Å². The van der Waals surface area contributed by atoms with Gasteiger partial charge in [-0.15, -0.1) is 0 Å². The van der Waals surface area contributed by atoms with Gasteiger partial charge in [0.15, 0.2) is 0 Å². The number of nitrogens with zero attached hydrogens (tertiary/aromatic N) is 1. The monoisotopic (exact) mass is 240 g/mol. The summed E-state index contributed by atoms with van der Waals surface area (Å²) in [6, 6.07) is 10.9.